The Hall–Kier alpha value is -1.00. The van der Waals surface area contributed by atoms with Gasteiger partial charge in [-0.2, -0.15) is 65.5 Å². The molecule has 0 aromatic carbocycles. The van der Waals surface area contributed by atoms with E-state index in [4.69, 9.17) is 0 Å². The highest BCUT2D eigenvalue weighted by Crippen LogP contribution is 2.61. The van der Waals surface area contributed by atoms with E-state index in [-0.39, 0.29) is 7.11 Å². The van der Waals surface area contributed by atoms with E-state index in [1.165, 1.54) is 0 Å². The molecule has 0 saturated carbocycles. The molecule has 0 aromatic rings. The number of hydrogen-bond donors (Lipinski definition) is 0. The van der Waals surface area contributed by atoms with Gasteiger partial charge in [0, 0.05) is 0 Å². The van der Waals surface area contributed by atoms with Crippen LogP contribution in [0.3, 0.4) is 0 Å². The molecule has 0 rings (SSSR count). The highest BCUT2D eigenvalue weighted by Gasteiger charge is 2.92. The van der Waals surface area contributed by atoms with Crippen molar-refractivity contribution < 1.29 is 69.7 Å². The van der Waals surface area contributed by atoms with Crippen molar-refractivity contribution >= 4 is 10.1 Å². The first kappa shape index (κ1) is 23.0. The highest BCUT2D eigenvalue weighted by molar-refractivity contribution is 7.87. The maximum atomic E-state index is 12.9. The molecule has 0 radical (unpaired) electrons. The average Bonchev–Trinajstić information content (AvgIpc) is 2.36. The number of hydrogen-bond acceptors (Lipinski definition) is 3. The molecule has 0 heterocycles. The molecule has 0 atom stereocenters. The fourth-order valence-corrected chi connectivity index (χ4v) is 1.67. The average molecular weight is 414 g/mol. The lowest BCUT2D eigenvalue weighted by molar-refractivity contribution is -0.433. The van der Waals surface area contributed by atoms with Gasteiger partial charge >= 0.3 is 45.2 Å². The summed E-state index contributed by atoms with van der Waals surface area (Å²) in [6, 6.07) is 0. The monoisotopic (exact) mass is 414 g/mol. The molecule has 146 valence electrons. The van der Waals surface area contributed by atoms with Gasteiger partial charge < -0.3 is 0 Å². The number of alkyl halides is 13. The SMILES string of the molecule is COS(=O)(=O)C(F)(F)C(F)(F)C(F)(F)C(F)(F)C(F)(F)C(F)(F)F. The molecule has 0 unspecified atom stereocenters. The standard InChI is InChI=1S/C7H3F13O3S/c1-23-24(21,22)7(19,20)5(14,15)3(10,11)2(8,9)4(12,13)6(16,17)18/h1H3. The van der Waals surface area contributed by atoms with E-state index >= 15 is 0 Å². The zero-order valence-corrected chi connectivity index (χ0v) is 11.4. The smallest absolute Gasteiger partial charge is 0.269 e. The van der Waals surface area contributed by atoms with Crippen molar-refractivity contribution in [1.29, 1.82) is 0 Å². The van der Waals surface area contributed by atoms with Gasteiger partial charge in [0.1, 0.15) is 0 Å². The van der Waals surface area contributed by atoms with E-state index < -0.39 is 45.2 Å². The van der Waals surface area contributed by atoms with Crippen molar-refractivity contribution in [3.05, 3.63) is 0 Å². The Morgan fingerprint density at radius 1 is 0.583 bits per heavy atom. The molecule has 0 aromatic heterocycles. The fraction of sp³-hybridized carbons (Fsp3) is 1.00. The van der Waals surface area contributed by atoms with Crippen LogP contribution in [0.5, 0.6) is 0 Å². The summed E-state index contributed by atoms with van der Waals surface area (Å²) >= 11 is 0. The van der Waals surface area contributed by atoms with Gasteiger partial charge in [-0.3, -0.25) is 4.18 Å². The van der Waals surface area contributed by atoms with Gasteiger partial charge in [-0.25, -0.2) is 0 Å². The highest BCUT2D eigenvalue weighted by atomic mass is 32.2. The van der Waals surface area contributed by atoms with Crippen LogP contribution in [0.25, 0.3) is 0 Å². The predicted molar refractivity (Wildman–Crippen MR) is 46.7 cm³/mol. The Morgan fingerprint density at radius 3 is 1.12 bits per heavy atom. The van der Waals surface area contributed by atoms with Crippen LogP contribution in [0, 0.1) is 0 Å². The zero-order valence-electron chi connectivity index (χ0n) is 10.5. The van der Waals surface area contributed by atoms with E-state index in [9.17, 15) is 65.5 Å². The molecule has 0 amide bonds. The van der Waals surface area contributed by atoms with Crippen molar-refractivity contribution in [1.82, 2.24) is 0 Å². The van der Waals surface area contributed by atoms with Crippen LogP contribution in [0.2, 0.25) is 0 Å². The lowest BCUT2D eigenvalue weighted by Crippen LogP contribution is -2.71. The summed E-state index contributed by atoms with van der Waals surface area (Å²) < 4.78 is 186. The van der Waals surface area contributed by atoms with Crippen LogP contribution in [0.4, 0.5) is 57.1 Å². The van der Waals surface area contributed by atoms with Gasteiger partial charge in [-0.15, -0.1) is 0 Å². The second-order valence-electron chi connectivity index (χ2n) is 3.93. The molecule has 0 bridgehead atoms. The second-order valence-corrected chi connectivity index (χ2v) is 5.69. The normalized spacial score (nSPS) is 16.4. The largest absolute Gasteiger partial charge is 0.460 e. The summed E-state index contributed by atoms with van der Waals surface area (Å²) in [5.41, 5.74) is 0. The van der Waals surface area contributed by atoms with Crippen LogP contribution in [0.15, 0.2) is 0 Å². The molecule has 17 heteroatoms. The van der Waals surface area contributed by atoms with Crippen molar-refractivity contribution in [2.75, 3.05) is 7.11 Å². The summed E-state index contributed by atoms with van der Waals surface area (Å²) in [7, 11) is -7.42. The topological polar surface area (TPSA) is 43.4 Å². The molecule has 0 aliphatic rings. The van der Waals surface area contributed by atoms with E-state index in [1.807, 2.05) is 0 Å². The Balaban J connectivity index is 6.52. The third-order valence-electron chi connectivity index (χ3n) is 2.44. The molecule has 0 aliphatic heterocycles. The number of rotatable bonds is 6. The minimum absolute atomic E-state index is 0.320. The quantitative estimate of drug-likeness (QED) is 0.493. The third kappa shape index (κ3) is 2.68. The van der Waals surface area contributed by atoms with Crippen LogP contribution < -0.4 is 0 Å². The van der Waals surface area contributed by atoms with E-state index in [1.54, 1.807) is 0 Å². The lowest BCUT2D eigenvalue weighted by atomic mass is 9.98. The van der Waals surface area contributed by atoms with Crippen LogP contribution in [0.1, 0.15) is 0 Å². The fourth-order valence-electron chi connectivity index (χ4n) is 1.02. The maximum absolute atomic E-state index is 12.9. The van der Waals surface area contributed by atoms with E-state index in [0.717, 1.165) is 0 Å². The maximum Gasteiger partial charge on any atom is 0.460 e. The van der Waals surface area contributed by atoms with Crippen LogP contribution >= 0.6 is 0 Å². The predicted octanol–water partition coefficient (Wildman–Crippen LogP) is 3.66. The lowest BCUT2D eigenvalue weighted by Gasteiger charge is -2.38. The molecule has 0 saturated heterocycles. The first-order valence-electron chi connectivity index (χ1n) is 4.82. The third-order valence-corrected chi connectivity index (χ3v) is 3.76. The van der Waals surface area contributed by atoms with Crippen molar-refractivity contribution in [3.63, 3.8) is 0 Å². The van der Waals surface area contributed by atoms with Gasteiger partial charge in [-0.1, -0.05) is 0 Å². The van der Waals surface area contributed by atoms with Crippen LogP contribution in [-0.2, 0) is 14.3 Å². The minimum Gasteiger partial charge on any atom is -0.269 e. The van der Waals surface area contributed by atoms with E-state index in [0.29, 0.717) is 0 Å². The molecular weight excluding hydrogens is 411 g/mol. The van der Waals surface area contributed by atoms with Gasteiger partial charge in [-0.05, 0) is 0 Å². The summed E-state index contributed by atoms with van der Waals surface area (Å²) in [5, 5.41) is -7.29. The summed E-state index contributed by atoms with van der Waals surface area (Å²) in [5.74, 6) is -32.2. The van der Waals surface area contributed by atoms with Gasteiger partial charge in [0.25, 0.3) is 0 Å². The molecular formula is C7H3F13O3S. The second kappa shape index (κ2) is 5.50. The summed E-state index contributed by atoms with van der Waals surface area (Å²) in [6.07, 6.45) is -7.56. The Bertz CT molecular complexity index is 575. The van der Waals surface area contributed by atoms with Gasteiger partial charge in [0.2, 0.25) is 0 Å². The molecule has 3 nitrogen and oxygen atoms in total. The Kier molecular flexibility index (Phi) is 5.27. The van der Waals surface area contributed by atoms with Crippen LogP contribution in [-0.4, -0.2) is 50.6 Å². The first-order chi connectivity index (χ1) is 10.1. The van der Waals surface area contributed by atoms with Gasteiger partial charge in [0.05, 0.1) is 7.11 Å². The van der Waals surface area contributed by atoms with Crippen molar-refractivity contribution in [2.24, 2.45) is 0 Å². The minimum atomic E-state index is -8.17. The first-order valence-corrected chi connectivity index (χ1v) is 6.23. The summed E-state index contributed by atoms with van der Waals surface area (Å²) in [4.78, 5) is 0. The molecule has 0 aliphatic carbocycles. The van der Waals surface area contributed by atoms with Crippen molar-refractivity contribution in [2.45, 2.75) is 35.1 Å². The Morgan fingerprint density at radius 2 is 0.875 bits per heavy atom. The molecule has 0 fully saturated rings. The Labute approximate surface area is 123 Å². The molecule has 0 spiro atoms. The van der Waals surface area contributed by atoms with E-state index in [2.05, 4.69) is 4.18 Å². The van der Waals surface area contributed by atoms with Gasteiger partial charge in [0.15, 0.2) is 0 Å². The summed E-state index contributed by atoms with van der Waals surface area (Å²) in [6.45, 7) is 0. The van der Waals surface area contributed by atoms with Crippen molar-refractivity contribution in [3.8, 4) is 0 Å². The zero-order chi connectivity index (χ0) is 20.2. The number of halogens is 13. The molecule has 24 heavy (non-hydrogen) atoms. The molecule has 0 N–H and O–H groups in total.